The van der Waals surface area contributed by atoms with Gasteiger partial charge in [-0.1, -0.05) is 24.3 Å². The first kappa shape index (κ1) is 12.3. The highest BCUT2D eigenvalue weighted by atomic mass is 32.1. The molecule has 4 heteroatoms. The van der Waals surface area contributed by atoms with E-state index in [1.54, 1.807) is 0 Å². The molecule has 0 unspecified atom stereocenters. The summed E-state index contributed by atoms with van der Waals surface area (Å²) < 4.78 is 0. The number of carbonyl (C=O) groups is 1. The number of nitrogens with one attached hydrogen (secondary N) is 1. The Kier molecular flexibility index (Phi) is 5.12. The van der Waals surface area contributed by atoms with E-state index in [0.29, 0.717) is 6.54 Å². The second kappa shape index (κ2) is 6.67. The molecule has 0 aliphatic rings. The van der Waals surface area contributed by atoms with Gasteiger partial charge in [0, 0.05) is 13.5 Å². The van der Waals surface area contributed by atoms with Gasteiger partial charge in [0.15, 0.2) is 0 Å². The molecule has 0 radical (unpaired) electrons. The lowest BCUT2D eigenvalue weighted by atomic mass is 10.2. The van der Waals surface area contributed by atoms with Crippen molar-refractivity contribution in [2.24, 2.45) is 4.99 Å². The van der Waals surface area contributed by atoms with E-state index in [9.17, 15) is 4.79 Å². The maximum atomic E-state index is 10.6. The fourth-order valence-corrected chi connectivity index (χ4v) is 1.22. The predicted molar refractivity (Wildman–Crippen MR) is 68.8 cm³/mol. The van der Waals surface area contributed by atoms with Crippen LogP contribution in [0.1, 0.15) is 12.5 Å². The second-order valence-electron chi connectivity index (χ2n) is 3.13. The summed E-state index contributed by atoms with van der Waals surface area (Å²) in [4.78, 5) is 14.4. The molecule has 3 nitrogen and oxygen atoms in total. The van der Waals surface area contributed by atoms with Crippen LogP contribution >= 0.6 is 12.2 Å². The smallest absolute Gasteiger partial charge is 0.217 e. The van der Waals surface area contributed by atoms with Crippen LogP contribution in [0.3, 0.4) is 0 Å². The van der Waals surface area contributed by atoms with Crippen molar-refractivity contribution in [3.63, 3.8) is 0 Å². The summed E-state index contributed by atoms with van der Waals surface area (Å²) >= 11 is 4.51. The molecule has 0 aliphatic carbocycles. The maximum Gasteiger partial charge on any atom is 0.217 e. The zero-order valence-electron chi connectivity index (χ0n) is 8.93. The molecule has 1 rings (SSSR count). The Morgan fingerprint density at radius 1 is 1.50 bits per heavy atom. The van der Waals surface area contributed by atoms with Crippen LogP contribution in [0.2, 0.25) is 0 Å². The van der Waals surface area contributed by atoms with E-state index in [1.807, 2.05) is 36.4 Å². The SMILES string of the molecule is CC(=O)NCC=Cc1ccc(N=C=S)cc1. The van der Waals surface area contributed by atoms with Crippen molar-refractivity contribution in [2.45, 2.75) is 6.92 Å². The number of benzene rings is 1. The van der Waals surface area contributed by atoms with Gasteiger partial charge >= 0.3 is 0 Å². The Bertz CT molecular complexity index is 431. The molecule has 0 saturated heterocycles. The lowest BCUT2D eigenvalue weighted by Crippen LogP contribution is -2.19. The van der Waals surface area contributed by atoms with Crippen molar-refractivity contribution >= 4 is 35.0 Å². The molecule has 82 valence electrons. The first-order valence-corrected chi connectivity index (χ1v) is 5.22. The minimum Gasteiger partial charge on any atom is -0.353 e. The molecule has 1 aromatic carbocycles. The quantitative estimate of drug-likeness (QED) is 0.640. The van der Waals surface area contributed by atoms with Crippen LogP contribution in [0.5, 0.6) is 0 Å². The van der Waals surface area contributed by atoms with Gasteiger partial charge in [0.25, 0.3) is 0 Å². The third-order valence-electron chi connectivity index (χ3n) is 1.85. The van der Waals surface area contributed by atoms with Gasteiger partial charge in [0.2, 0.25) is 5.91 Å². The Hall–Kier alpha value is -1.77. The Labute approximate surface area is 99.9 Å². The first-order chi connectivity index (χ1) is 7.72. The third kappa shape index (κ3) is 4.64. The van der Waals surface area contributed by atoms with E-state index in [2.05, 4.69) is 27.7 Å². The topological polar surface area (TPSA) is 41.5 Å². The number of isothiocyanates is 1. The largest absolute Gasteiger partial charge is 0.353 e. The summed E-state index contributed by atoms with van der Waals surface area (Å²) in [6.07, 6.45) is 3.82. The highest BCUT2D eigenvalue weighted by Crippen LogP contribution is 2.12. The Morgan fingerprint density at radius 3 is 2.75 bits per heavy atom. The van der Waals surface area contributed by atoms with E-state index < -0.39 is 0 Å². The molecule has 0 aromatic heterocycles. The van der Waals surface area contributed by atoms with Crippen molar-refractivity contribution in [3.8, 4) is 0 Å². The molecule has 0 spiro atoms. The van der Waals surface area contributed by atoms with Crippen molar-refractivity contribution < 1.29 is 4.79 Å². The number of rotatable bonds is 4. The molecular formula is C12H12N2OS. The summed E-state index contributed by atoms with van der Waals surface area (Å²) in [7, 11) is 0. The normalized spacial score (nSPS) is 9.81. The van der Waals surface area contributed by atoms with Crippen LogP contribution in [0.15, 0.2) is 35.3 Å². The monoisotopic (exact) mass is 232 g/mol. The average molecular weight is 232 g/mol. The molecule has 1 amide bonds. The van der Waals surface area contributed by atoms with Gasteiger partial charge in [0.05, 0.1) is 10.8 Å². The number of thiocarbonyl (C=S) groups is 1. The van der Waals surface area contributed by atoms with Crippen LogP contribution < -0.4 is 5.32 Å². The van der Waals surface area contributed by atoms with Crippen LogP contribution in [0.25, 0.3) is 6.08 Å². The zero-order chi connectivity index (χ0) is 11.8. The van der Waals surface area contributed by atoms with Gasteiger partial charge in [-0.15, -0.1) is 0 Å². The number of aliphatic imine (C=N–C) groups is 1. The highest BCUT2D eigenvalue weighted by Gasteiger charge is 1.89. The average Bonchev–Trinajstić information content (AvgIpc) is 2.27. The highest BCUT2D eigenvalue weighted by molar-refractivity contribution is 7.78. The lowest BCUT2D eigenvalue weighted by Gasteiger charge is -1.96. The molecule has 0 heterocycles. The molecule has 1 aromatic rings. The number of hydrogen-bond donors (Lipinski definition) is 1. The van der Waals surface area contributed by atoms with Gasteiger partial charge in [0.1, 0.15) is 0 Å². The van der Waals surface area contributed by atoms with Crippen molar-refractivity contribution in [1.82, 2.24) is 5.32 Å². The van der Waals surface area contributed by atoms with E-state index in [4.69, 9.17) is 0 Å². The maximum absolute atomic E-state index is 10.6. The number of nitrogens with zero attached hydrogens (tertiary/aromatic N) is 1. The van der Waals surface area contributed by atoms with Crippen LogP contribution in [-0.4, -0.2) is 17.6 Å². The van der Waals surface area contributed by atoms with Crippen LogP contribution in [0, 0.1) is 0 Å². The molecule has 1 N–H and O–H groups in total. The van der Waals surface area contributed by atoms with Crippen molar-refractivity contribution in [3.05, 3.63) is 35.9 Å². The summed E-state index contributed by atoms with van der Waals surface area (Å²) in [5, 5.41) is 4.99. The van der Waals surface area contributed by atoms with Gasteiger partial charge < -0.3 is 5.32 Å². The fourth-order valence-electron chi connectivity index (χ4n) is 1.11. The molecule has 0 bridgehead atoms. The standard InChI is InChI=1S/C12H12N2OS/c1-10(15)13-8-2-3-11-4-6-12(7-5-11)14-9-16/h2-7H,8H2,1H3,(H,13,15). The molecule has 0 aliphatic heterocycles. The number of carbonyl (C=O) groups excluding carboxylic acids is 1. The van der Waals surface area contributed by atoms with Crippen molar-refractivity contribution in [1.29, 1.82) is 0 Å². The summed E-state index contributed by atoms with van der Waals surface area (Å²) in [5.41, 5.74) is 1.84. The summed E-state index contributed by atoms with van der Waals surface area (Å²) in [6, 6.07) is 7.57. The second-order valence-corrected chi connectivity index (χ2v) is 3.32. The molecule has 16 heavy (non-hydrogen) atoms. The van der Waals surface area contributed by atoms with Crippen molar-refractivity contribution in [2.75, 3.05) is 6.54 Å². The molecule has 0 saturated carbocycles. The minimum absolute atomic E-state index is 0.0321. The van der Waals surface area contributed by atoms with E-state index in [1.165, 1.54) is 6.92 Å². The molecule has 0 atom stereocenters. The number of amides is 1. The molecule has 0 fully saturated rings. The van der Waals surface area contributed by atoms with Gasteiger partial charge in [-0.2, -0.15) is 4.99 Å². The Morgan fingerprint density at radius 2 is 2.19 bits per heavy atom. The number of hydrogen-bond acceptors (Lipinski definition) is 3. The van der Waals surface area contributed by atoms with Gasteiger partial charge in [-0.25, -0.2) is 0 Å². The zero-order valence-corrected chi connectivity index (χ0v) is 9.75. The van der Waals surface area contributed by atoms with Gasteiger partial charge in [-0.3, -0.25) is 4.79 Å². The fraction of sp³-hybridized carbons (Fsp3) is 0.167. The van der Waals surface area contributed by atoms with Crippen LogP contribution in [-0.2, 0) is 4.79 Å². The first-order valence-electron chi connectivity index (χ1n) is 4.81. The lowest BCUT2D eigenvalue weighted by molar-refractivity contribution is -0.118. The summed E-state index contributed by atoms with van der Waals surface area (Å²) in [6.45, 7) is 2.03. The van der Waals surface area contributed by atoms with Gasteiger partial charge in [-0.05, 0) is 29.9 Å². The van der Waals surface area contributed by atoms with E-state index in [-0.39, 0.29) is 5.91 Å². The minimum atomic E-state index is -0.0321. The van der Waals surface area contributed by atoms with E-state index >= 15 is 0 Å². The molecular weight excluding hydrogens is 220 g/mol. The predicted octanol–water partition coefficient (Wildman–Crippen LogP) is 2.57. The van der Waals surface area contributed by atoms with E-state index in [0.717, 1.165) is 11.3 Å². The van der Waals surface area contributed by atoms with Crippen LogP contribution in [0.4, 0.5) is 5.69 Å². The third-order valence-corrected chi connectivity index (χ3v) is 1.94. The summed E-state index contributed by atoms with van der Waals surface area (Å²) in [5.74, 6) is -0.0321. The Balaban J connectivity index is 2.54.